The van der Waals surface area contributed by atoms with Gasteiger partial charge in [-0.05, 0) is 31.2 Å². The molecular formula is C14H19N3O2S2. The normalized spacial score (nSPS) is 13.2. The number of hydrogen-bond donors (Lipinski definition) is 2. The maximum atomic E-state index is 12.3. The minimum Gasteiger partial charge on any atom is -0.313 e. The molecule has 0 aliphatic rings. The Morgan fingerprint density at radius 2 is 2.19 bits per heavy atom. The Morgan fingerprint density at radius 3 is 2.81 bits per heavy atom. The van der Waals surface area contributed by atoms with Gasteiger partial charge in [0.25, 0.3) is 0 Å². The van der Waals surface area contributed by atoms with Gasteiger partial charge in [-0.25, -0.2) is 13.1 Å². The van der Waals surface area contributed by atoms with Crippen LogP contribution in [0.1, 0.15) is 29.8 Å². The lowest BCUT2D eigenvalue weighted by molar-refractivity contribution is 0.570. The van der Waals surface area contributed by atoms with Crippen molar-refractivity contribution in [3.8, 4) is 0 Å². The van der Waals surface area contributed by atoms with Crippen LogP contribution in [0, 0.1) is 0 Å². The summed E-state index contributed by atoms with van der Waals surface area (Å²) in [5, 5.41) is 3.18. The number of nitrogens with one attached hydrogen (secondary N) is 2. The summed E-state index contributed by atoms with van der Waals surface area (Å²) in [6, 6.07) is 7.20. The summed E-state index contributed by atoms with van der Waals surface area (Å²) in [6.07, 6.45) is 2.56. The van der Waals surface area contributed by atoms with Crippen molar-refractivity contribution < 1.29 is 8.42 Å². The van der Waals surface area contributed by atoms with Gasteiger partial charge in [0, 0.05) is 23.7 Å². The lowest BCUT2D eigenvalue weighted by Gasteiger charge is -2.15. The molecule has 0 fully saturated rings. The first kappa shape index (κ1) is 16.1. The minimum absolute atomic E-state index is 0.154. The Hall–Kier alpha value is -1.28. The summed E-state index contributed by atoms with van der Waals surface area (Å²) >= 11 is 1.43. The van der Waals surface area contributed by atoms with Gasteiger partial charge in [-0.15, -0.1) is 11.3 Å². The van der Waals surface area contributed by atoms with Crippen LogP contribution in [0.5, 0.6) is 0 Å². The molecule has 0 spiro atoms. The van der Waals surface area contributed by atoms with Crippen molar-refractivity contribution in [1.82, 2.24) is 15.0 Å². The Morgan fingerprint density at radius 1 is 1.38 bits per heavy atom. The highest BCUT2D eigenvalue weighted by Gasteiger charge is 2.16. The zero-order valence-electron chi connectivity index (χ0n) is 12.0. The number of benzene rings is 1. The summed E-state index contributed by atoms with van der Waals surface area (Å²) in [7, 11) is -1.64. The second-order valence-corrected chi connectivity index (χ2v) is 7.35. The molecular weight excluding hydrogens is 306 g/mol. The second kappa shape index (κ2) is 7.13. The number of aromatic nitrogens is 1. The lowest BCUT2D eigenvalue weighted by atomic mass is 10.1. The molecule has 0 saturated heterocycles. The SMILES string of the molecule is CCC(NC)c1cccc(S(=O)(=O)NCc2cncs2)c1. The van der Waals surface area contributed by atoms with Gasteiger partial charge < -0.3 is 5.32 Å². The molecule has 0 radical (unpaired) electrons. The van der Waals surface area contributed by atoms with Crippen molar-refractivity contribution in [3.63, 3.8) is 0 Å². The number of thiazole rings is 1. The fraction of sp³-hybridized carbons (Fsp3) is 0.357. The van der Waals surface area contributed by atoms with E-state index in [2.05, 4.69) is 21.9 Å². The number of nitrogens with zero attached hydrogens (tertiary/aromatic N) is 1. The molecule has 0 aliphatic carbocycles. The smallest absolute Gasteiger partial charge is 0.240 e. The van der Waals surface area contributed by atoms with Gasteiger partial charge >= 0.3 is 0 Å². The average Bonchev–Trinajstić information content (AvgIpc) is 3.00. The first-order valence-corrected chi connectivity index (χ1v) is 9.07. The van der Waals surface area contributed by atoms with Crippen LogP contribution >= 0.6 is 11.3 Å². The van der Waals surface area contributed by atoms with E-state index < -0.39 is 10.0 Å². The molecule has 7 heteroatoms. The third-order valence-corrected chi connectivity index (χ3v) is 5.43. The van der Waals surface area contributed by atoms with E-state index in [1.807, 2.05) is 13.1 Å². The fourth-order valence-electron chi connectivity index (χ4n) is 2.08. The van der Waals surface area contributed by atoms with Crippen molar-refractivity contribution in [2.45, 2.75) is 30.8 Å². The zero-order valence-corrected chi connectivity index (χ0v) is 13.7. The minimum atomic E-state index is -3.51. The molecule has 1 aromatic carbocycles. The van der Waals surface area contributed by atoms with Gasteiger partial charge in [0.2, 0.25) is 10.0 Å². The van der Waals surface area contributed by atoms with Crippen molar-refractivity contribution in [2.24, 2.45) is 0 Å². The first-order valence-electron chi connectivity index (χ1n) is 6.71. The molecule has 2 N–H and O–H groups in total. The lowest BCUT2D eigenvalue weighted by Crippen LogP contribution is -2.23. The molecule has 2 rings (SSSR count). The van der Waals surface area contributed by atoms with E-state index >= 15 is 0 Å². The van der Waals surface area contributed by atoms with Gasteiger partial charge in [-0.2, -0.15) is 0 Å². The molecule has 1 atom stereocenters. The zero-order chi connectivity index (χ0) is 15.3. The Balaban J connectivity index is 2.17. The van der Waals surface area contributed by atoms with Crippen LogP contribution in [0.15, 0.2) is 40.9 Å². The van der Waals surface area contributed by atoms with Gasteiger partial charge in [-0.3, -0.25) is 4.98 Å². The predicted octanol–water partition coefficient (Wildman–Crippen LogP) is 2.29. The standard InChI is InChI=1S/C14H19N3O2S2/c1-3-14(15-2)11-5-4-6-13(7-11)21(18,19)17-9-12-8-16-10-20-12/h4-8,10,14-15,17H,3,9H2,1-2H3. The predicted molar refractivity (Wildman–Crippen MR) is 84.7 cm³/mol. The molecule has 1 unspecified atom stereocenters. The van der Waals surface area contributed by atoms with E-state index in [4.69, 9.17) is 0 Å². The van der Waals surface area contributed by atoms with Crippen LogP contribution in [0.25, 0.3) is 0 Å². The Labute approximate surface area is 129 Å². The molecule has 0 bridgehead atoms. The van der Waals surface area contributed by atoms with Crippen molar-refractivity contribution in [3.05, 3.63) is 46.4 Å². The molecule has 0 aliphatic heterocycles. The van der Waals surface area contributed by atoms with Gasteiger partial charge in [0.1, 0.15) is 0 Å². The molecule has 114 valence electrons. The summed E-state index contributed by atoms with van der Waals surface area (Å²) in [6.45, 7) is 2.32. The fourth-order valence-corrected chi connectivity index (χ4v) is 3.77. The summed E-state index contributed by atoms with van der Waals surface area (Å²) in [5.74, 6) is 0. The van der Waals surface area contributed by atoms with Crippen LogP contribution in [-0.2, 0) is 16.6 Å². The van der Waals surface area contributed by atoms with Crippen LogP contribution in [0.4, 0.5) is 0 Å². The molecule has 0 saturated carbocycles. The van der Waals surface area contributed by atoms with Gasteiger partial charge in [-0.1, -0.05) is 19.1 Å². The third-order valence-electron chi connectivity index (χ3n) is 3.25. The van der Waals surface area contributed by atoms with Crippen LogP contribution in [-0.4, -0.2) is 20.4 Å². The second-order valence-electron chi connectivity index (χ2n) is 4.61. The van der Waals surface area contributed by atoms with Crippen molar-refractivity contribution in [2.75, 3.05) is 7.05 Å². The van der Waals surface area contributed by atoms with Gasteiger partial charge in [0.15, 0.2) is 0 Å². The van der Waals surface area contributed by atoms with Crippen LogP contribution in [0.3, 0.4) is 0 Å². The molecule has 1 heterocycles. The highest BCUT2D eigenvalue weighted by Crippen LogP contribution is 2.20. The third kappa shape index (κ3) is 4.10. The topological polar surface area (TPSA) is 71.1 Å². The van der Waals surface area contributed by atoms with Gasteiger partial charge in [0.05, 0.1) is 10.4 Å². The average molecular weight is 325 g/mol. The first-order chi connectivity index (χ1) is 10.1. The molecule has 21 heavy (non-hydrogen) atoms. The van der Waals surface area contributed by atoms with Crippen molar-refractivity contribution >= 4 is 21.4 Å². The van der Waals surface area contributed by atoms with E-state index in [1.165, 1.54) is 11.3 Å². The molecule has 5 nitrogen and oxygen atoms in total. The number of hydrogen-bond acceptors (Lipinski definition) is 5. The summed E-state index contributed by atoms with van der Waals surface area (Å²) < 4.78 is 27.3. The molecule has 2 aromatic rings. The monoisotopic (exact) mass is 325 g/mol. The van der Waals surface area contributed by atoms with E-state index in [0.717, 1.165) is 16.9 Å². The van der Waals surface area contributed by atoms with E-state index in [1.54, 1.807) is 29.9 Å². The van der Waals surface area contributed by atoms with E-state index in [0.29, 0.717) is 4.90 Å². The quantitative estimate of drug-likeness (QED) is 0.819. The van der Waals surface area contributed by atoms with Crippen LogP contribution < -0.4 is 10.0 Å². The highest BCUT2D eigenvalue weighted by atomic mass is 32.2. The van der Waals surface area contributed by atoms with Crippen LogP contribution in [0.2, 0.25) is 0 Å². The maximum Gasteiger partial charge on any atom is 0.240 e. The Kier molecular flexibility index (Phi) is 5.46. The van der Waals surface area contributed by atoms with E-state index in [9.17, 15) is 8.42 Å². The van der Waals surface area contributed by atoms with E-state index in [-0.39, 0.29) is 12.6 Å². The number of rotatable bonds is 7. The maximum absolute atomic E-state index is 12.3. The highest BCUT2D eigenvalue weighted by molar-refractivity contribution is 7.89. The number of sulfonamides is 1. The summed E-state index contributed by atoms with van der Waals surface area (Å²) in [5.41, 5.74) is 2.66. The van der Waals surface area contributed by atoms with Crippen molar-refractivity contribution in [1.29, 1.82) is 0 Å². The molecule has 1 aromatic heterocycles. The summed E-state index contributed by atoms with van der Waals surface area (Å²) in [4.78, 5) is 5.11. The molecule has 0 amide bonds. The largest absolute Gasteiger partial charge is 0.313 e. The Bertz CT molecular complexity index is 665.